The fourth-order valence-corrected chi connectivity index (χ4v) is 3.17. The van der Waals surface area contributed by atoms with Crippen molar-refractivity contribution in [2.24, 2.45) is 7.05 Å². The van der Waals surface area contributed by atoms with Crippen LogP contribution < -0.4 is 10.5 Å². The van der Waals surface area contributed by atoms with Crippen molar-refractivity contribution in [2.75, 3.05) is 25.0 Å². The molecule has 3 heterocycles. The van der Waals surface area contributed by atoms with E-state index in [1.165, 1.54) is 12.8 Å². The molecule has 0 N–H and O–H groups in total. The summed E-state index contributed by atoms with van der Waals surface area (Å²) in [4.78, 5) is 16.3. The second-order valence-corrected chi connectivity index (χ2v) is 6.98. The van der Waals surface area contributed by atoms with Gasteiger partial charge in [0.15, 0.2) is 5.82 Å². The van der Waals surface area contributed by atoms with Crippen molar-refractivity contribution in [3.05, 3.63) is 52.1 Å². The van der Waals surface area contributed by atoms with Crippen LogP contribution in [0.25, 0.3) is 0 Å². The normalized spacial score (nSPS) is 18.0. The van der Waals surface area contributed by atoms with E-state index in [1.807, 2.05) is 19.2 Å². The maximum atomic E-state index is 11.7. The van der Waals surface area contributed by atoms with Gasteiger partial charge in [-0.3, -0.25) is 9.69 Å². The number of likely N-dealkylation sites (N-methyl/N-ethyl adjacent to an activating group) is 1. The molecule has 2 aromatic rings. The van der Waals surface area contributed by atoms with E-state index in [0.717, 1.165) is 36.8 Å². The molecule has 1 aliphatic heterocycles. The van der Waals surface area contributed by atoms with Crippen molar-refractivity contribution >= 4 is 5.82 Å². The zero-order valence-electron chi connectivity index (χ0n) is 14.2. The van der Waals surface area contributed by atoms with Crippen LogP contribution >= 0.6 is 0 Å². The molecule has 2 fully saturated rings. The third kappa shape index (κ3) is 2.94. The molecular formula is C18H23N5O. The summed E-state index contributed by atoms with van der Waals surface area (Å²) in [6, 6.07) is 10.1. The molecule has 0 spiro atoms. The van der Waals surface area contributed by atoms with Gasteiger partial charge in [-0.1, -0.05) is 6.07 Å². The van der Waals surface area contributed by atoms with Gasteiger partial charge in [-0.25, -0.2) is 0 Å². The van der Waals surface area contributed by atoms with Gasteiger partial charge in [-0.05, 0) is 38.1 Å². The Bertz CT molecular complexity index is 775. The minimum atomic E-state index is 0.0437. The molecule has 1 saturated heterocycles. The van der Waals surface area contributed by atoms with E-state index in [9.17, 15) is 4.79 Å². The maximum Gasteiger partial charge on any atom is 0.250 e. The minimum Gasteiger partial charge on any atom is -0.352 e. The number of hydrogen-bond acceptors (Lipinski definition) is 5. The number of nitrogens with zero attached hydrogens (tertiary/aromatic N) is 5. The van der Waals surface area contributed by atoms with Gasteiger partial charge in [0.25, 0.3) is 0 Å². The van der Waals surface area contributed by atoms with Crippen molar-refractivity contribution in [3.63, 3.8) is 0 Å². The van der Waals surface area contributed by atoms with E-state index >= 15 is 0 Å². The molecule has 0 radical (unpaired) electrons. The molecule has 126 valence electrons. The van der Waals surface area contributed by atoms with Gasteiger partial charge in [-0.2, -0.15) is 5.10 Å². The van der Waals surface area contributed by atoms with Crippen LogP contribution in [0.4, 0.5) is 5.82 Å². The Labute approximate surface area is 141 Å². The number of anilines is 1. The summed E-state index contributed by atoms with van der Waals surface area (Å²) in [5, 5.41) is 8.74. The van der Waals surface area contributed by atoms with Crippen LogP contribution in [0.5, 0.6) is 0 Å². The first-order valence-corrected chi connectivity index (χ1v) is 8.55. The average Bonchev–Trinajstić information content (AvgIpc) is 3.36. The molecular weight excluding hydrogens is 302 g/mol. The van der Waals surface area contributed by atoms with E-state index < -0.39 is 0 Å². The Kier molecular flexibility index (Phi) is 3.84. The molecule has 0 aromatic carbocycles. The second kappa shape index (κ2) is 6.02. The molecule has 1 aliphatic carbocycles. The monoisotopic (exact) mass is 325 g/mol. The van der Waals surface area contributed by atoms with Crippen LogP contribution in [0, 0.1) is 0 Å². The van der Waals surface area contributed by atoms with Gasteiger partial charge < -0.3 is 9.47 Å². The molecule has 6 nitrogen and oxygen atoms in total. The quantitative estimate of drug-likeness (QED) is 0.831. The smallest absolute Gasteiger partial charge is 0.250 e. The number of rotatable bonds is 5. The highest BCUT2D eigenvalue weighted by molar-refractivity contribution is 5.42. The van der Waals surface area contributed by atoms with Crippen LogP contribution in [-0.4, -0.2) is 45.8 Å². The van der Waals surface area contributed by atoms with Crippen molar-refractivity contribution in [2.45, 2.75) is 31.3 Å². The zero-order chi connectivity index (χ0) is 16.7. The molecule has 0 amide bonds. The predicted molar refractivity (Wildman–Crippen MR) is 93.2 cm³/mol. The Morgan fingerprint density at radius 2 is 1.96 bits per heavy atom. The SMILES string of the molecule is CN(Cc1cccc(=O)n1C)C1CN(c2ccc(C3CC3)nn2)C1. The Morgan fingerprint density at radius 3 is 2.62 bits per heavy atom. The summed E-state index contributed by atoms with van der Waals surface area (Å²) in [5.41, 5.74) is 2.22. The van der Waals surface area contributed by atoms with Gasteiger partial charge >= 0.3 is 0 Å². The molecule has 0 atom stereocenters. The number of hydrogen-bond donors (Lipinski definition) is 0. The molecule has 4 rings (SSSR count). The van der Waals surface area contributed by atoms with Gasteiger partial charge in [0, 0.05) is 50.4 Å². The summed E-state index contributed by atoms with van der Waals surface area (Å²) >= 11 is 0. The van der Waals surface area contributed by atoms with Crippen LogP contribution in [0.1, 0.15) is 30.1 Å². The standard InChI is InChI=1S/C18H23N5O/c1-21(10-14-4-3-5-18(24)22(14)2)15-11-23(12-15)17-9-8-16(19-20-17)13-6-7-13/h3-5,8-9,13,15H,6-7,10-12H2,1-2H3. The molecule has 24 heavy (non-hydrogen) atoms. The second-order valence-electron chi connectivity index (χ2n) is 6.98. The van der Waals surface area contributed by atoms with Crippen LogP contribution in [0.15, 0.2) is 35.1 Å². The van der Waals surface area contributed by atoms with Crippen molar-refractivity contribution in [1.82, 2.24) is 19.7 Å². The first kappa shape index (κ1) is 15.3. The topological polar surface area (TPSA) is 54.3 Å². The first-order valence-electron chi connectivity index (χ1n) is 8.55. The third-order valence-corrected chi connectivity index (χ3v) is 5.18. The fraction of sp³-hybridized carbons (Fsp3) is 0.500. The van der Waals surface area contributed by atoms with E-state index in [4.69, 9.17) is 0 Å². The molecule has 2 aliphatic rings. The maximum absolute atomic E-state index is 11.7. The summed E-state index contributed by atoms with van der Waals surface area (Å²) in [7, 11) is 3.94. The van der Waals surface area contributed by atoms with Gasteiger partial charge in [-0.15, -0.1) is 5.10 Å². The lowest BCUT2D eigenvalue weighted by atomic mass is 10.1. The average molecular weight is 325 g/mol. The summed E-state index contributed by atoms with van der Waals surface area (Å²) in [5.74, 6) is 1.62. The summed E-state index contributed by atoms with van der Waals surface area (Å²) < 4.78 is 1.72. The Hall–Kier alpha value is -2.21. The van der Waals surface area contributed by atoms with E-state index in [0.29, 0.717) is 12.0 Å². The molecule has 0 unspecified atom stereocenters. The van der Waals surface area contributed by atoms with Crippen LogP contribution in [-0.2, 0) is 13.6 Å². The molecule has 2 aromatic heterocycles. The lowest BCUT2D eigenvalue weighted by molar-refractivity contribution is 0.192. The van der Waals surface area contributed by atoms with E-state index in [-0.39, 0.29) is 5.56 Å². The molecule has 0 bridgehead atoms. The Balaban J connectivity index is 1.34. The van der Waals surface area contributed by atoms with Gasteiger partial charge in [0.05, 0.1) is 5.69 Å². The van der Waals surface area contributed by atoms with Crippen LogP contribution in [0.2, 0.25) is 0 Å². The summed E-state index contributed by atoms with van der Waals surface area (Å²) in [6.45, 7) is 2.68. The van der Waals surface area contributed by atoms with Crippen LogP contribution in [0.3, 0.4) is 0 Å². The fourth-order valence-electron chi connectivity index (χ4n) is 3.17. The molecule has 1 saturated carbocycles. The first-order chi connectivity index (χ1) is 11.6. The molecule has 6 heteroatoms. The third-order valence-electron chi connectivity index (χ3n) is 5.18. The Morgan fingerprint density at radius 1 is 1.17 bits per heavy atom. The van der Waals surface area contributed by atoms with Gasteiger partial charge in [0.2, 0.25) is 5.56 Å². The highest BCUT2D eigenvalue weighted by atomic mass is 16.1. The predicted octanol–water partition coefficient (Wildman–Crippen LogP) is 1.37. The number of aromatic nitrogens is 3. The minimum absolute atomic E-state index is 0.0437. The summed E-state index contributed by atoms with van der Waals surface area (Å²) in [6.07, 6.45) is 2.51. The lowest BCUT2D eigenvalue weighted by Gasteiger charge is -2.44. The van der Waals surface area contributed by atoms with E-state index in [2.05, 4.69) is 39.2 Å². The van der Waals surface area contributed by atoms with Crippen molar-refractivity contribution < 1.29 is 0 Å². The largest absolute Gasteiger partial charge is 0.352 e. The number of pyridine rings is 1. The van der Waals surface area contributed by atoms with Crippen molar-refractivity contribution in [3.8, 4) is 0 Å². The van der Waals surface area contributed by atoms with Crippen molar-refractivity contribution in [1.29, 1.82) is 0 Å². The lowest BCUT2D eigenvalue weighted by Crippen LogP contribution is -2.58. The highest BCUT2D eigenvalue weighted by Gasteiger charge is 2.32. The van der Waals surface area contributed by atoms with Gasteiger partial charge in [0.1, 0.15) is 0 Å². The van der Waals surface area contributed by atoms with E-state index in [1.54, 1.807) is 10.6 Å². The zero-order valence-corrected chi connectivity index (χ0v) is 14.2. The highest BCUT2D eigenvalue weighted by Crippen LogP contribution is 2.38.